The minimum Gasteiger partial charge on any atom is -0.490 e. The molecule has 0 bridgehead atoms. The number of nitriles is 1. The van der Waals surface area contributed by atoms with Crippen LogP contribution in [0.2, 0.25) is 0 Å². The fourth-order valence-corrected chi connectivity index (χ4v) is 2.42. The highest BCUT2D eigenvalue weighted by molar-refractivity contribution is 5.87. The molecule has 6 nitrogen and oxygen atoms in total. The number of ether oxygens (including phenoxy) is 4. The van der Waals surface area contributed by atoms with Gasteiger partial charge in [0.2, 0.25) is 0 Å². The maximum atomic E-state index is 11.8. The van der Waals surface area contributed by atoms with E-state index in [2.05, 4.69) is 0 Å². The molecule has 0 unspecified atom stereocenters. The second-order valence-electron chi connectivity index (χ2n) is 5.74. The first-order valence-electron chi connectivity index (χ1n) is 8.62. The smallest absolute Gasteiger partial charge is 0.330 e. The standard InChI is InChI=1S/C21H19NO5/c22-15-17-2-6-18(7-3-17)24-12-13-27-21(23)9-5-16-4-8-19-20(14-16)26-11-1-10-25-19/h2-9,14H,1,10-13H2/b9-5+. The van der Waals surface area contributed by atoms with Gasteiger partial charge in [-0.2, -0.15) is 5.26 Å². The second kappa shape index (κ2) is 9.30. The average molecular weight is 365 g/mol. The molecule has 0 N–H and O–H groups in total. The van der Waals surface area contributed by atoms with Crippen molar-refractivity contribution >= 4 is 12.0 Å². The summed E-state index contributed by atoms with van der Waals surface area (Å²) < 4.78 is 21.8. The van der Waals surface area contributed by atoms with E-state index in [1.54, 1.807) is 30.3 Å². The van der Waals surface area contributed by atoms with E-state index in [1.165, 1.54) is 6.08 Å². The number of nitrogens with zero attached hydrogens (tertiary/aromatic N) is 1. The van der Waals surface area contributed by atoms with Crippen LogP contribution in [0.5, 0.6) is 17.2 Å². The first-order chi connectivity index (χ1) is 13.2. The third kappa shape index (κ3) is 5.51. The van der Waals surface area contributed by atoms with Crippen LogP contribution in [0.25, 0.3) is 6.08 Å². The van der Waals surface area contributed by atoms with Crippen molar-refractivity contribution in [2.75, 3.05) is 26.4 Å². The summed E-state index contributed by atoms with van der Waals surface area (Å²) in [7, 11) is 0. The second-order valence-corrected chi connectivity index (χ2v) is 5.74. The van der Waals surface area contributed by atoms with Crippen molar-refractivity contribution in [1.82, 2.24) is 0 Å². The summed E-state index contributed by atoms with van der Waals surface area (Å²) in [6, 6.07) is 14.3. The SMILES string of the molecule is N#Cc1ccc(OCCOC(=O)/C=C/c2ccc3c(c2)OCCCO3)cc1. The van der Waals surface area contributed by atoms with E-state index < -0.39 is 5.97 Å². The van der Waals surface area contributed by atoms with Crippen LogP contribution in [0.15, 0.2) is 48.5 Å². The number of hydrogen-bond donors (Lipinski definition) is 0. The Bertz CT molecular complexity index is 852. The Kier molecular flexibility index (Phi) is 6.31. The van der Waals surface area contributed by atoms with Gasteiger partial charge in [-0.05, 0) is 48.0 Å². The van der Waals surface area contributed by atoms with Gasteiger partial charge in [-0.3, -0.25) is 0 Å². The van der Waals surface area contributed by atoms with Crippen molar-refractivity contribution in [2.24, 2.45) is 0 Å². The van der Waals surface area contributed by atoms with Crippen LogP contribution >= 0.6 is 0 Å². The van der Waals surface area contributed by atoms with Crippen LogP contribution in [0.4, 0.5) is 0 Å². The molecular formula is C21H19NO5. The van der Waals surface area contributed by atoms with Gasteiger partial charge in [-0.25, -0.2) is 4.79 Å². The van der Waals surface area contributed by atoms with Crippen LogP contribution in [-0.4, -0.2) is 32.4 Å². The highest BCUT2D eigenvalue weighted by Crippen LogP contribution is 2.30. The zero-order chi connectivity index (χ0) is 18.9. The summed E-state index contributed by atoms with van der Waals surface area (Å²) in [6.45, 7) is 1.61. The lowest BCUT2D eigenvalue weighted by Crippen LogP contribution is -2.10. The van der Waals surface area contributed by atoms with Crippen LogP contribution in [-0.2, 0) is 9.53 Å². The van der Waals surface area contributed by atoms with E-state index in [0.29, 0.717) is 36.0 Å². The lowest BCUT2D eigenvalue weighted by molar-refractivity contribution is -0.138. The maximum absolute atomic E-state index is 11.8. The molecular weight excluding hydrogens is 346 g/mol. The van der Waals surface area contributed by atoms with E-state index in [9.17, 15) is 4.79 Å². The fraction of sp³-hybridized carbons (Fsp3) is 0.238. The number of carbonyl (C=O) groups excluding carboxylic acids is 1. The highest BCUT2D eigenvalue weighted by atomic mass is 16.6. The molecule has 138 valence electrons. The van der Waals surface area contributed by atoms with Crippen molar-refractivity contribution in [1.29, 1.82) is 5.26 Å². The van der Waals surface area contributed by atoms with Crippen LogP contribution in [0.1, 0.15) is 17.5 Å². The van der Waals surface area contributed by atoms with Crippen LogP contribution in [0, 0.1) is 11.3 Å². The first-order valence-corrected chi connectivity index (χ1v) is 8.62. The molecule has 0 saturated carbocycles. The summed E-state index contributed by atoms with van der Waals surface area (Å²) in [4.78, 5) is 11.8. The van der Waals surface area contributed by atoms with Gasteiger partial charge in [0, 0.05) is 12.5 Å². The van der Waals surface area contributed by atoms with E-state index in [-0.39, 0.29) is 13.2 Å². The molecule has 3 rings (SSSR count). The fourth-order valence-electron chi connectivity index (χ4n) is 2.42. The van der Waals surface area contributed by atoms with Gasteiger partial charge in [-0.15, -0.1) is 0 Å². The molecule has 0 amide bonds. The lowest BCUT2D eigenvalue weighted by Gasteiger charge is -2.07. The third-order valence-corrected chi connectivity index (χ3v) is 3.76. The molecule has 1 aliphatic heterocycles. The Labute approximate surface area is 157 Å². The molecule has 0 radical (unpaired) electrons. The molecule has 0 fully saturated rings. The van der Waals surface area contributed by atoms with Crippen molar-refractivity contribution in [2.45, 2.75) is 6.42 Å². The minimum absolute atomic E-state index is 0.129. The molecule has 0 atom stereocenters. The van der Waals surface area contributed by atoms with Crippen molar-refractivity contribution in [3.8, 4) is 23.3 Å². The van der Waals surface area contributed by atoms with Gasteiger partial charge in [0.05, 0.1) is 24.8 Å². The predicted octanol–water partition coefficient (Wildman–Crippen LogP) is 3.35. The van der Waals surface area contributed by atoms with Gasteiger partial charge >= 0.3 is 5.97 Å². The zero-order valence-corrected chi connectivity index (χ0v) is 14.7. The van der Waals surface area contributed by atoms with Gasteiger partial charge in [0.1, 0.15) is 19.0 Å². The van der Waals surface area contributed by atoms with Gasteiger partial charge in [0.25, 0.3) is 0 Å². The Morgan fingerprint density at radius 3 is 2.63 bits per heavy atom. The number of carbonyl (C=O) groups is 1. The van der Waals surface area contributed by atoms with Gasteiger partial charge in [0.15, 0.2) is 11.5 Å². The first kappa shape index (κ1) is 18.3. The molecule has 0 aromatic heterocycles. The Balaban J connectivity index is 1.43. The predicted molar refractivity (Wildman–Crippen MR) is 98.7 cm³/mol. The summed E-state index contributed by atoms with van der Waals surface area (Å²) in [6.07, 6.45) is 3.87. The van der Waals surface area contributed by atoms with Gasteiger partial charge in [-0.1, -0.05) is 6.07 Å². The lowest BCUT2D eigenvalue weighted by atomic mass is 10.2. The molecule has 1 aliphatic rings. The molecule has 2 aromatic carbocycles. The third-order valence-electron chi connectivity index (χ3n) is 3.76. The summed E-state index contributed by atoms with van der Waals surface area (Å²) in [5, 5.41) is 8.74. The van der Waals surface area contributed by atoms with Crippen molar-refractivity contribution < 1.29 is 23.7 Å². The Hall–Kier alpha value is -3.46. The summed E-state index contributed by atoms with van der Waals surface area (Å²) in [5.74, 6) is 1.56. The van der Waals surface area contributed by atoms with E-state index >= 15 is 0 Å². The number of esters is 1. The topological polar surface area (TPSA) is 77.8 Å². The quantitative estimate of drug-likeness (QED) is 0.444. The Morgan fingerprint density at radius 2 is 1.85 bits per heavy atom. The number of hydrogen-bond acceptors (Lipinski definition) is 6. The molecule has 0 saturated heterocycles. The van der Waals surface area contributed by atoms with Crippen LogP contribution in [0.3, 0.4) is 0 Å². The van der Waals surface area contributed by atoms with Gasteiger partial charge < -0.3 is 18.9 Å². The minimum atomic E-state index is -0.453. The van der Waals surface area contributed by atoms with Crippen molar-refractivity contribution in [3.63, 3.8) is 0 Å². The normalized spacial score (nSPS) is 12.9. The Morgan fingerprint density at radius 1 is 1.07 bits per heavy atom. The number of rotatable bonds is 6. The molecule has 2 aromatic rings. The molecule has 0 aliphatic carbocycles. The maximum Gasteiger partial charge on any atom is 0.330 e. The summed E-state index contributed by atoms with van der Waals surface area (Å²) in [5.41, 5.74) is 1.39. The van der Waals surface area contributed by atoms with Crippen LogP contribution < -0.4 is 14.2 Å². The van der Waals surface area contributed by atoms with Crippen molar-refractivity contribution in [3.05, 3.63) is 59.7 Å². The highest BCUT2D eigenvalue weighted by Gasteiger charge is 2.09. The summed E-state index contributed by atoms with van der Waals surface area (Å²) >= 11 is 0. The van der Waals surface area contributed by atoms with E-state index in [0.717, 1.165) is 12.0 Å². The molecule has 6 heteroatoms. The monoisotopic (exact) mass is 365 g/mol. The largest absolute Gasteiger partial charge is 0.490 e. The molecule has 1 heterocycles. The number of benzene rings is 2. The molecule has 27 heavy (non-hydrogen) atoms. The van der Waals surface area contributed by atoms with E-state index in [4.69, 9.17) is 24.2 Å². The average Bonchev–Trinajstić information content (AvgIpc) is 2.95. The number of fused-ring (bicyclic) bond motifs is 1. The zero-order valence-electron chi connectivity index (χ0n) is 14.7. The molecule has 0 spiro atoms. The van der Waals surface area contributed by atoms with E-state index in [1.807, 2.05) is 24.3 Å².